The second-order valence-corrected chi connectivity index (χ2v) is 5.72. The molecule has 0 radical (unpaired) electrons. The summed E-state index contributed by atoms with van der Waals surface area (Å²) in [6, 6.07) is 4.01. The maximum absolute atomic E-state index is 6.17. The van der Waals surface area contributed by atoms with Gasteiger partial charge < -0.3 is 25.4 Å². The lowest BCUT2D eigenvalue weighted by Gasteiger charge is -2.36. The predicted molar refractivity (Wildman–Crippen MR) is 77.1 cm³/mol. The third kappa shape index (κ3) is 2.42. The van der Waals surface area contributed by atoms with Crippen LogP contribution in [0.15, 0.2) is 12.1 Å². The van der Waals surface area contributed by atoms with E-state index in [1.165, 1.54) is 0 Å². The zero-order chi connectivity index (χ0) is 13.5. The molecule has 0 unspecified atom stereocenters. The zero-order valence-corrected chi connectivity index (χ0v) is 11.5. The topological polar surface area (TPSA) is 59.8 Å². The largest absolute Gasteiger partial charge is 0.484 e. The SMILES string of the molecule is CC1(C)CNc2cc(N)c(N3CCOCC3)cc2O1. The highest BCUT2D eigenvalue weighted by atomic mass is 16.5. The van der Waals surface area contributed by atoms with Crippen LogP contribution < -0.4 is 20.7 Å². The normalized spacial score (nSPS) is 21.3. The lowest BCUT2D eigenvalue weighted by molar-refractivity contribution is 0.115. The smallest absolute Gasteiger partial charge is 0.145 e. The Morgan fingerprint density at radius 3 is 2.74 bits per heavy atom. The first-order valence-electron chi connectivity index (χ1n) is 6.74. The van der Waals surface area contributed by atoms with Crippen LogP contribution in [0.3, 0.4) is 0 Å². The van der Waals surface area contributed by atoms with Gasteiger partial charge in [0.1, 0.15) is 11.4 Å². The highest BCUT2D eigenvalue weighted by Gasteiger charge is 2.28. The molecular weight excluding hydrogens is 242 g/mol. The molecule has 1 aromatic rings. The number of hydrogen-bond acceptors (Lipinski definition) is 5. The van der Waals surface area contributed by atoms with Gasteiger partial charge >= 0.3 is 0 Å². The summed E-state index contributed by atoms with van der Waals surface area (Å²) >= 11 is 0. The molecule has 5 nitrogen and oxygen atoms in total. The molecule has 0 amide bonds. The van der Waals surface area contributed by atoms with Crippen LogP contribution in [0.1, 0.15) is 13.8 Å². The highest BCUT2D eigenvalue weighted by Crippen LogP contribution is 2.39. The third-order valence-electron chi connectivity index (χ3n) is 3.57. The first-order valence-corrected chi connectivity index (χ1v) is 6.74. The second kappa shape index (κ2) is 4.49. The lowest BCUT2D eigenvalue weighted by atomic mass is 10.1. The third-order valence-corrected chi connectivity index (χ3v) is 3.57. The summed E-state index contributed by atoms with van der Waals surface area (Å²) in [7, 11) is 0. The molecule has 1 aromatic carbocycles. The van der Waals surface area contributed by atoms with E-state index >= 15 is 0 Å². The molecule has 2 heterocycles. The van der Waals surface area contributed by atoms with Gasteiger partial charge in [-0.05, 0) is 19.9 Å². The molecule has 2 aliphatic rings. The van der Waals surface area contributed by atoms with Crippen molar-refractivity contribution in [2.24, 2.45) is 0 Å². The molecule has 104 valence electrons. The average Bonchev–Trinajstić information content (AvgIpc) is 2.39. The summed E-state index contributed by atoms with van der Waals surface area (Å²) in [5, 5.41) is 3.38. The Kier molecular flexibility index (Phi) is 2.93. The molecule has 5 heteroatoms. The van der Waals surface area contributed by atoms with Crippen molar-refractivity contribution < 1.29 is 9.47 Å². The van der Waals surface area contributed by atoms with Crippen molar-refractivity contribution >= 4 is 17.1 Å². The van der Waals surface area contributed by atoms with E-state index < -0.39 is 0 Å². The number of benzene rings is 1. The van der Waals surface area contributed by atoms with E-state index in [0.29, 0.717) is 0 Å². The highest BCUT2D eigenvalue weighted by molar-refractivity contribution is 5.78. The van der Waals surface area contributed by atoms with Gasteiger partial charge in [0.15, 0.2) is 0 Å². The Labute approximate surface area is 113 Å². The number of morpholine rings is 1. The van der Waals surface area contributed by atoms with E-state index in [9.17, 15) is 0 Å². The van der Waals surface area contributed by atoms with Crippen molar-refractivity contribution in [3.05, 3.63) is 12.1 Å². The molecule has 0 saturated carbocycles. The van der Waals surface area contributed by atoms with E-state index in [4.69, 9.17) is 15.2 Å². The van der Waals surface area contributed by atoms with Crippen LogP contribution >= 0.6 is 0 Å². The summed E-state index contributed by atoms with van der Waals surface area (Å²) in [5.74, 6) is 0.881. The molecule has 3 N–H and O–H groups in total. The molecule has 1 fully saturated rings. The zero-order valence-electron chi connectivity index (χ0n) is 11.5. The summed E-state index contributed by atoms with van der Waals surface area (Å²) < 4.78 is 11.4. The van der Waals surface area contributed by atoms with Crippen LogP contribution in [0.2, 0.25) is 0 Å². The molecule has 0 atom stereocenters. The molecule has 19 heavy (non-hydrogen) atoms. The van der Waals surface area contributed by atoms with Crippen molar-refractivity contribution in [1.29, 1.82) is 0 Å². The predicted octanol–water partition coefficient (Wildman–Crippen LogP) is 1.69. The minimum atomic E-state index is -0.189. The van der Waals surface area contributed by atoms with E-state index in [1.807, 2.05) is 12.1 Å². The van der Waals surface area contributed by atoms with Gasteiger partial charge in [-0.15, -0.1) is 0 Å². The van der Waals surface area contributed by atoms with Gasteiger partial charge in [-0.2, -0.15) is 0 Å². The summed E-state index contributed by atoms with van der Waals surface area (Å²) in [4.78, 5) is 2.25. The lowest BCUT2D eigenvalue weighted by Crippen LogP contribution is -2.40. The van der Waals surface area contributed by atoms with Crippen LogP contribution in [0.5, 0.6) is 5.75 Å². The Morgan fingerprint density at radius 1 is 1.26 bits per heavy atom. The van der Waals surface area contributed by atoms with Crippen LogP contribution in [0.4, 0.5) is 17.1 Å². The van der Waals surface area contributed by atoms with Gasteiger partial charge in [0.2, 0.25) is 0 Å². The van der Waals surface area contributed by atoms with Crippen molar-refractivity contribution in [3.8, 4) is 5.75 Å². The van der Waals surface area contributed by atoms with Crippen molar-refractivity contribution in [3.63, 3.8) is 0 Å². The van der Waals surface area contributed by atoms with E-state index in [2.05, 4.69) is 24.1 Å². The van der Waals surface area contributed by atoms with E-state index in [-0.39, 0.29) is 5.60 Å². The molecule has 2 aliphatic heterocycles. The van der Waals surface area contributed by atoms with Gasteiger partial charge in [-0.3, -0.25) is 0 Å². The molecule has 0 bridgehead atoms. The maximum atomic E-state index is 6.17. The molecule has 0 spiro atoms. The van der Waals surface area contributed by atoms with Gasteiger partial charge in [-0.1, -0.05) is 0 Å². The van der Waals surface area contributed by atoms with Gasteiger partial charge in [0, 0.05) is 19.2 Å². The number of rotatable bonds is 1. The maximum Gasteiger partial charge on any atom is 0.145 e. The fourth-order valence-corrected chi connectivity index (χ4v) is 2.53. The first-order chi connectivity index (χ1) is 9.05. The Morgan fingerprint density at radius 2 is 2.00 bits per heavy atom. The Balaban J connectivity index is 1.93. The van der Waals surface area contributed by atoms with Crippen LogP contribution in [-0.2, 0) is 4.74 Å². The number of fused-ring (bicyclic) bond motifs is 1. The summed E-state index contributed by atoms with van der Waals surface area (Å²) in [6.07, 6.45) is 0. The van der Waals surface area contributed by atoms with Crippen LogP contribution in [-0.4, -0.2) is 38.4 Å². The van der Waals surface area contributed by atoms with Gasteiger partial charge in [-0.25, -0.2) is 0 Å². The minimum absolute atomic E-state index is 0.189. The quantitative estimate of drug-likeness (QED) is 0.755. The number of nitrogens with one attached hydrogen (secondary N) is 1. The van der Waals surface area contributed by atoms with Gasteiger partial charge in [0.25, 0.3) is 0 Å². The first kappa shape index (κ1) is 12.4. The average molecular weight is 263 g/mol. The molecule has 0 aromatic heterocycles. The Bertz CT molecular complexity index is 482. The molecular formula is C14H21N3O2. The van der Waals surface area contributed by atoms with Crippen molar-refractivity contribution in [2.75, 3.05) is 48.8 Å². The number of anilines is 3. The minimum Gasteiger partial charge on any atom is -0.484 e. The number of nitrogens with two attached hydrogens (primary N) is 1. The number of hydrogen-bond donors (Lipinski definition) is 2. The monoisotopic (exact) mass is 263 g/mol. The summed E-state index contributed by atoms with van der Waals surface area (Å²) in [5.41, 5.74) is 8.79. The van der Waals surface area contributed by atoms with Gasteiger partial charge in [0.05, 0.1) is 36.8 Å². The second-order valence-electron chi connectivity index (χ2n) is 5.72. The number of nitrogens with zero attached hydrogens (tertiary/aromatic N) is 1. The van der Waals surface area contributed by atoms with Crippen molar-refractivity contribution in [1.82, 2.24) is 0 Å². The fraction of sp³-hybridized carbons (Fsp3) is 0.571. The molecule has 3 rings (SSSR count). The number of ether oxygens (including phenoxy) is 2. The van der Waals surface area contributed by atoms with Crippen molar-refractivity contribution in [2.45, 2.75) is 19.4 Å². The summed E-state index contributed by atoms with van der Waals surface area (Å²) in [6.45, 7) is 8.19. The van der Waals surface area contributed by atoms with Crippen LogP contribution in [0, 0.1) is 0 Å². The van der Waals surface area contributed by atoms with Crippen LogP contribution in [0.25, 0.3) is 0 Å². The fourth-order valence-electron chi connectivity index (χ4n) is 2.53. The van der Waals surface area contributed by atoms with E-state index in [1.54, 1.807) is 0 Å². The van der Waals surface area contributed by atoms with E-state index in [0.717, 1.165) is 55.7 Å². The molecule has 0 aliphatic carbocycles. The number of nitrogen functional groups attached to an aromatic ring is 1. The molecule has 1 saturated heterocycles. The standard InChI is InChI=1S/C14H21N3O2/c1-14(2)9-16-11-7-10(15)12(8-13(11)19-14)17-3-5-18-6-4-17/h7-8,16H,3-6,9,15H2,1-2H3. The Hall–Kier alpha value is -1.62.